The highest BCUT2D eigenvalue weighted by atomic mass is 14.3. The van der Waals surface area contributed by atoms with Crippen molar-refractivity contribution < 1.29 is 0 Å². The van der Waals surface area contributed by atoms with Crippen LogP contribution in [0.15, 0.2) is 0 Å². The molecule has 0 fully saturated rings. The van der Waals surface area contributed by atoms with Crippen LogP contribution in [0.5, 0.6) is 0 Å². The highest BCUT2D eigenvalue weighted by Crippen LogP contribution is 2.27. The molecule has 0 N–H and O–H groups in total. The smallest absolute Gasteiger partial charge is 0.0624 e. The summed E-state index contributed by atoms with van der Waals surface area (Å²) in [6, 6.07) is 2.25. The first-order valence-electron chi connectivity index (χ1n) is 5.24. The first kappa shape index (κ1) is 12.5. The first-order chi connectivity index (χ1) is 5.87. The van der Waals surface area contributed by atoms with E-state index in [1.165, 1.54) is 12.8 Å². The average Bonchev–Trinajstić information content (AvgIpc) is 1.99. The van der Waals surface area contributed by atoms with Crippen molar-refractivity contribution in [2.24, 2.45) is 17.3 Å². The minimum atomic E-state index is 0.431. The number of nitriles is 1. The molecule has 0 aliphatic carbocycles. The summed E-state index contributed by atoms with van der Waals surface area (Å²) in [4.78, 5) is 0. The van der Waals surface area contributed by atoms with E-state index in [0.717, 1.165) is 0 Å². The van der Waals surface area contributed by atoms with Crippen LogP contribution in [0.4, 0.5) is 0 Å². The Labute approximate surface area is 83.1 Å². The van der Waals surface area contributed by atoms with Gasteiger partial charge in [0.05, 0.1) is 6.07 Å². The maximum Gasteiger partial charge on any atom is 0.0624 e. The Balaban J connectivity index is 3.75. The summed E-state index contributed by atoms with van der Waals surface area (Å²) in [5.74, 6) is 1.23. The summed E-state index contributed by atoms with van der Waals surface area (Å²) >= 11 is 0. The quantitative estimate of drug-likeness (QED) is 0.643. The molecule has 0 heterocycles. The van der Waals surface area contributed by atoms with Crippen LogP contribution in [0.1, 0.15) is 53.9 Å². The lowest BCUT2D eigenvalue weighted by atomic mass is 9.82. The molecule has 0 saturated heterocycles. The molecule has 0 rings (SSSR count). The molecule has 0 aromatic carbocycles. The summed E-state index contributed by atoms with van der Waals surface area (Å²) in [6.07, 6.45) is 3.20. The Morgan fingerprint density at radius 1 is 1.15 bits per heavy atom. The maximum atomic E-state index is 8.56. The van der Waals surface area contributed by atoms with Crippen molar-refractivity contribution in [2.75, 3.05) is 0 Å². The van der Waals surface area contributed by atoms with Crippen LogP contribution < -0.4 is 0 Å². The van der Waals surface area contributed by atoms with Gasteiger partial charge < -0.3 is 0 Å². The monoisotopic (exact) mass is 181 g/mol. The molecular weight excluding hydrogens is 158 g/mol. The van der Waals surface area contributed by atoms with E-state index in [1.807, 2.05) is 0 Å². The second-order valence-electron chi connectivity index (χ2n) is 5.42. The summed E-state index contributed by atoms with van der Waals surface area (Å²) in [6.45, 7) is 11.3. The molecule has 0 bridgehead atoms. The largest absolute Gasteiger partial charge is 0.198 e. The third-order valence-electron chi connectivity index (χ3n) is 2.73. The molecule has 1 nitrogen and oxygen atoms in total. The Morgan fingerprint density at radius 2 is 1.69 bits per heavy atom. The first-order valence-corrected chi connectivity index (χ1v) is 5.24. The fourth-order valence-electron chi connectivity index (χ4n) is 1.29. The summed E-state index contributed by atoms with van der Waals surface area (Å²) in [5.41, 5.74) is 0.431. The van der Waals surface area contributed by atoms with Crippen molar-refractivity contribution in [1.29, 1.82) is 5.26 Å². The SMILES string of the molecule is CC(CCC(C)(C)C)[C@@H](C)CC#N. The average molecular weight is 181 g/mol. The number of hydrogen-bond donors (Lipinski definition) is 0. The van der Waals surface area contributed by atoms with Gasteiger partial charge in [-0.2, -0.15) is 5.26 Å². The number of nitrogens with zero attached hydrogens (tertiary/aromatic N) is 1. The molecule has 0 radical (unpaired) electrons. The zero-order chi connectivity index (χ0) is 10.5. The standard InChI is InChI=1S/C12H23N/c1-10(11(2)7-9-13)6-8-12(3,4)5/h10-11H,6-8H2,1-5H3/t10?,11-/m0/s1. The molecule has 0 spiro atoms. The fraction of sp³-hybridized carbons (Fsp3) is 0.917. The molecule has 0 aliphatic heterocycles. The molecule has 0 amide bonds. The maximum absolute atomic E-state index is 8.56. The van der Waals surface area contributed by atoms with Crippen molar-refractivity contribution in [1.82, 2.24) is 0 Å². The van der Waals surface area contributed by atoms with Crippen molar-refractivity contribution in [3.8, 4) is 6.07 Å². The van der Waals surface area contributed by atoms with E-state index in [-0.39, 0.29) is 0 Å². The molecule has 0 aliphatic rings. The topological polar surface area (TPSA) is 23.8 Å². The van der Waals surface area contributed by atoms with Gasteiger partial charge in [0, 0.05) is 6.42 Å². The van der Waals surface area contributed by atoms with Gasteiger partial charge in [0.2, 0.25) is 0 Å². The zero-order valence-electron chi connectivity index (χ0n) is 9.72. The lowest BCUT2D eigenvalue weighted by Crippen LogP contribution is -2.12. The third kappa shape index (κ3) is 6.63. The predicted molar refractivity (Wildman–Crippen MR) is 57.2 cm³/mol. The van der Waals surface area contributed by atoms with E-state index in [0.29, 0.717) is 23.7 Å². The van der Waals surface area contributed by atoms with Crippen LogP contribution in [-0.2, 0) is 0 Å². The molecular formula is C12H23N. The van der Waals surface area contributed by atoms with Gasteiger partial charge in [0.15, 0.2) is 0 Å². The van der Waals surface area contributed by atoms with Crippen LogP contribution in [0.2, 0.25) is 0 Å². The molecule has 0 saturated carbocycles. The van der Waals surface area contributed by atoms with E-state index in [2.05, 4.69) is 40.7 Å². The highest BCUT2D eigenvalue weighted by Gasteiger charge is 2.16. The van der Waals surface area contributed by atoms with E-state index < -0.39 is 0 Å². The molecule has 0 aromatic heterocycles. The molecule has 76 valence electrons. The summed E-state index contributed by atoms with van der Waals surface area (Å²) < 4.78 is 0. The lowest BCUT2D eigenvalue weighted by Gasteiger charge is -2.23. The third-order valence-corrected chi connectivity index (χ3v) is 2.73. The van der Waals surface area contributed by atoms with Crippen molar-refractivity contribution >= 4 is 0 Å². The van der Waals surface area contributed by atoms with Gasteiger partial charge >= 0.3 is 0 Å². The molecule has 1 heteroatoms. The summed E-state index contributed by atoms with van der Waals surface area (Å²) in [7, 11) is 0. The number of hydrogen-bond acceptors (Lipinski definition) is 1. The van der Waals surface area contributed by atoms with Crippen molar-refractivity contribution in [3.05, 3.63) is 0 Å². The van der Waals surface area contributed by atoms with Gasteiger partial charge in [0.25, 0.3) is 0 Å². The van der Waals surface area contributed by atoms with E-state index in [1.54, 1.807) is 0 Å². The minimum Gasteiger partial charge on any atom is -0.198 e. The van der Waals surface area contributed by atoms with Gasteiger partial charge in [-0.1, -0.05) is 34.6 Å². The van der Waals surface area contributed by atoms with Gasteiger partial charge in [-0.25, -0.2) is 0 Å². The van der Waals surface area contributed by atoms with Crippen LogP contribution >= 0.6 is 0 Å². The van der Waals surface area contributed by atoms with E-state index >= 15 is 0 Å². The van der Waals surface area contributed by atoms with Gasteiger partial charge in [-0.05, 0) is 30.1 Å². The van der Waals surface area contributed by atoms with Gasteiger partial charge in [-0.3, -0.25) is 0 Å². The Hall–Kier alpha value is -0.510. The molecule has 13 heavy (non-hydrogen) atoms. The molecule has 2 atom stereocenters. The van der Waals surface area contributed by atoms with Gasteiger partial charge in [-0.15, -0.1) is 0 Å². The van der Waals surface area contributed by atoms with Crippen molar-refractivity contribution in [3.63, 3.8) is 0 Å². The second kappa shape index (κ2) is 5.27. The van der Waals surface area contributed by atoms with E-state index in [9.17, 15) is 0 Å². The van der Waals surface area contributed by atoms with E-state index in [4.69, 9.17) is 5.26 Å². The van der Waals surface area contributed by atoms with Crippen molar-refractivity contribution in [2.45, 2.75) is 53.9 Å². The van der Waals surface area contributed by atoms with Crippen LogP contribution in [0.3, 0.4) is 0 Å². The van der Waals surface area contributed by atoms with Crippen LogP contribution in [0.25, 0.3) is 0 Å². The lowest BCUT2D eigenvalue weighted by molar-refractivity contribution is 0.286. The van der Waals surface area contributed by atoms with Gasteiger partial charge in [0.1, 0.15) is 0 Å². The number of rotatable bonds is 4. The van der Waals surface area contributed by atoms with Crippen LogP contribution in [0, 0.1) is 28.6 Å². The molecule has 1 unspecified atom stereocenters. The second-order valence-corrected chi connectivity index (χ2v) is 5.42. The highest BCUT2D eigenvalue weighted by molar-refractivity contribution is 4.77. The summed E-state index contributed by atoms with van der Waals surface area (Å²) in [5, 5.41) is 8.56. The Morgan fingerprint density at radius 3 is 2.08 bits per heavy atom. The normalized spacial score (nSPS) is 16.3. The molecule has 0 aromatic rings. The predicted octanol–water partition coefficient (Wildman–Crippen LogP) is 4.00. The minimum absolute atomic E-state index is 0.431. The zero-order valence-corrected chi connectivity index (χ0v) is 9.72. The fourth-order valence-corrected chi connectivity index (χ4v) is 1.29. The Bertz CT molecular complexity index is 171. The van der Waals surface area contributed by atoms with Crippen LogP contribution in [-0.4, -0.2) is 0 Å². The Kier molecular flexibility index (Phi) is 5.06.